The van der Waals surface area contributed by atoms with Crippen molar-refractivity contribution in [3.8, 4) is 0 Å². The van der Waals surface area contributed by atoms with Crippen LogP contribution in [0.3, 0.4) is 0 Å². The fraction of sp³-hybridized carbons (Fsp3) is 0.571. The van der Waals surface area contributed by atoms with Gasteiger partial charge in [0.1, 0.15) is 4.90 Å². The lowest BCUT2D eigenvalue weighted by Gasteiger charge is -2.22. The minimum absolute atomic E-state index is 0. The van der Waals surface area contributed by atoms with E-state index >= 15 is 0 Å². The maximum absolute atomic E-state index is 12.2. The Kier molecular flexibility index (Phi) is 7.44. The topological polar surface area (TPSA) is 58.2 Å². The summed E-state index contributed by atoms with van der Waals surface area (Å²) in [5.74, 6) is 0.555. The number of piperidine rings is 1. The normalized spacial score (nSPS) is 19.0. The minimum atomic E-state index is -3.52. The number of hydrogen-bond donors (Lipinski definition) is 2. The number of nitrogens with one attached hydrogen (secondary N) is 2. The summed E-state index contributed by atoms with van der Waals surface area (Å²) in [4.78, 5) is 0.168. The molecule has 7 heteroatoms. The fourth-order valence-corrected chi connectivity index (χ4v) is 4.10. The van der Waals surface area contributed by atoms with Crippen molar-refractivity contribution >= 4 is 34.0 Å². The zero-order valence-corrected chi connectivity index (χ0v) is 14.5. The molecule has 0 amide bonds. The number of halogens is 2. The van der Waals surface area contributed by atoms with E-state index in [9.17, 15) is 8.42 Å². The quantitative estimate of drug-likeness (QED) is 0.856. The average Bonchev–Trinajstić information content (AvgIpc) is 2.42. The number of sulfonamides is 1. The third-order valence-electron chi connectivity index (χ3n) is 3.69. The first kappa shape index (κ1) is 18.7. The predicted molar refractivity (Wildman–Crippen MR) is 88.8 cm³/mol. The van der Waals surface area contributed by atoms with E-state index in [0.717, 1.165) is 25.1 Å². The van der Waals surface area contributed by atoms with E-state index in [1.165, 1.54) is 12.8 Å². The zero-order valence-electron chi connectivity index (χ0n) is 12.1. The largest absolute Gasteiger partial charge is 0.316 e. The van der Waals surface area contributed by atoms with Crippen LogP contribution in [-0.4, -0.2) is 28.1 Å². The third kappa shape index (κ3) is 5.11. The van der Waals surface area contributed by atoms with Crippen LogP contribution in [0.4, 0.5) is 0 Å². The van der Waals surface area contributed by atoms with Crippen LogP contribution >= 0.6 is 24.0 Å². The second-order valence-electron chi connectivity index (χ2n) is 5.29. The standard InChI is InChI=1S/C14H21ClN2O2S.ClH/c1-11-4-2-6-13(14(11)15)20(18,19)17-9-7-12-5-3-8-16-10-12;/h2,4,6,12,16-17H,3,5,7-10H2,1H3;1H. The molecule has 0 aliphatic carbocycles. The fourth-order valence-electron chi connectivity index (χ4n) is 2.47. The Labute approximate surface area is 138 Å². The summed E-state index contributed by atoms with van der Waals surface area (Å²) in [5.41, 5.74) is 0.769. The molecule has 1 atom stereocenters. The number of benzene rings is 1. The van der Waals surface area contributed by atoms with E-state index in [0.29, 0.717) is 17.5 Å². The molecular formula is C14H22Cl2N2O2S. The molecule has 0 aromatic heterocycles. The Morgan fingerprint density at radius 1 is 1.43 bits per heavy atom. The molecule has 1 aliphatic heterocycles. The van der Waals surface area contributed by atoms with Gasteiger partial charge < -0.3 is 5.32 Å². The van der Waals surface area contributed by atoms with Crippen LogP contribution in [0.5, 0.6) is 0 Å². The lowest BCUT2D eigenvalue weighted by molar-refractivity contribution is 0.358. The summed E-state index contributed by atoms with van der Waals surface area (Å²) in [6, 6.07) is 5.05. The Balaban J connectivity index is 0.00000220. The molecule has 0 radical (unpaired) electrons. The molecule has 4 nitrogen and oxygen atoms in total. The second kappa shape index (κ2) is 8.34. The molecule has 2 rings (SSSR count). The van der Waals surface area contributed by atoms with Crippen molar-refractivity contribution < 1.29 is 8.42 Å². The lowest BCUT2D eigenvalue weighted by Crippen LogP contribution is -2.33. The van der Waals surface area contributed by atoms with Crippen LogP contribution in [0.2, 0.25) is 5.02 Å². The van der Waals surface area contributed by atoms with Crippen molar-refractivity contribution in [2.24, 2.45) is 5.92 Å². The van der Waals surface area contributed by atoms with Gasteiger partial charge in [0, 0.05) is 6.54 Å². The van der Waals surface area contributed by atoms with E-state index in [4.69, 9.17) is 11.6 Å². The Morgan fingerprint density at radius 2 is 2.19 bits per heavy atom. The molecule has 1 unspecified atom stereocenters. The van der Waals surface area contributed by atoms with Crippen LogP contribution in [0.15, 0.2) is 23.1 Å². The summed E-state index contributed by atoms with van der Waals surface area (Å²) in [6.07, 6.45) is 3.19. The Hall–Kier alpha value is -0.330. The van der Waals surface area contributed by atoms with Gasteiger partial charge in [0.2, 0.25) is 10.0 Å². The summed E-state index contributed by atoms with van der Waals surface area (Å²) >= 11 is 6.08. The van der Waals surface area contributed by atoms with Crippen LogP contribution in [0.1, 0.15) is 24.8 Å². The van der Waals surface area contributed by atoms with Gasteiger partial charge in [-0.3, -0.25) is 0 Å². The summed E-state index contributed by atoms with van der Waals surface area (Å²) in [6.45, 7) is 4.31. The van der Waals surface area contributed by atoms with Crippen molar-refractivity contribution in [3.05, 3.63) is 28.8 Å². The second-order valence-corrected chi connectivity index (χ2v) is 7.40. The first-order valence-electron chi connectivity index (χ1n) is 6.96. The lowest BCUT2D eigenvalue weighted by atomic mass is 9.96. The van der Waals surface area contributed by atoms with E-state index < -0.39 is 10.0 Å². The van der Waals surface area contributed by atoms with Gasteiger partial charge in [-0.2, -0.15) is 0 Å². The summed E-state index contributed by atoms with van der Waals surface area (Å²) in [7, 11) is -3.52. The van der Waals surface area contributed by atoms with E-state index in [-0.39, 0.29) is 17.3 Å². The Bertz CT molecular complexity index is 558. The molecule has 2 N–H and O–H groups in total. The average molecular weight is 353 g/mol. The molecule has 21 heavy (non-hydrogen) atoms. The van der Waals surface area contributed by atoms with Gasteiger partial charge in [0.05, 0.1) is 5.02 Å². The van der Waals surface area contributed by atoms with Crippen molar-refractivity contribution in [2.45, 2.75) is 31.1 Å². The number of rotatable bonds is 5. The van der Waals surface area contributed by atoms with Gasteiger partial charge >= 0.3 is 0 Å². The monoisotopic (exact) mass is 352 g/mol. The molecule has 1 fully saturated rings. The van der Waals surface area contributed by atoms with Gasteiger partial charge in [-0.25, -0.2) is 13.1 Å². The molecular weight excluding hydrogens is 331 g/mol. The molecule has 0 bridgehead atoms. The highest BCUT2D eigenvalue weighted by molar-refractivity contribution is 7.89. The molecule has 0 saturated carbocycles. The SMILES string of the molecule is Cc1cccc(S(=O)(=O)NCCC2CCCNC2)c1Cl.Cl. The van der Waals surface area contributed by atoms with Crippen molar-refractivity contribution in [2.75, 3.05) is 19.6 Å². The van der Waals surface area contributed by atoms with Crippen molar-refractivity contribution in [3.63, 3.8) is 0 Å². The van der Waals surface area contributed by atoms with Crippen LogP contribution in [0.25, 0.3) is 0 Å². The number of hydrogen-bond acceptors (Lipinski definition) is 3. The smallest absolute Gasteiger partial charge is 0.242 e. The summed E-state index contributed by atoms with van der Waals surface area (Å²) in [5, 5.41) is 3.64. The van der Waals surface area contributed by atoms with E-state index in [2.05, 4.69) is 10.0 Å². The van der Waals surface area contributed by atoms with Crippen LogP contribution in [0, 0.1) is 12.8 Å². The molecule has 120 valence electrons. The molecule has 0 spiro atoms. The highest BCUT2D eigenvalue weighted by Crippen LogP contribution is 2.24. The van der Waals surface area contributed by atoms with Crippen molar-refractivity contribution in [1.82, 2.24) is 10.0 Å². The van der Waals surface area contributed by atoms with Gasteiger partial charge in [-0.15, -0.1) is 12.4 Å². The first-order chi connectivity index (χ1) is 9.50. The maximum Gasteiger partial charge on any atom is 0.242 e. The third-order valence-corrected chi connectivity index (χ3v) is 5.81. The van der Waals surface area contributed by atoms with Gasteiger partial charge in [0.15, 0.2) is 0 Å². The van der Waals surface area contributed by atoms with Gasteiger partial charge in [-0.05, 0) is 56.8 Å². The minimum Gasteiger partial charge on any atom is -0.316 e. The first-order valence-corrected chi connectivity index (χ1v) is 8.82. The molecule has 1 aromatic carbocycles. The van der Waals surface area contributed by atoms with E-state index in [1.807, 2.05) is 0 Å². The highest BCUT2D eigenvalue weighted by atomic mass is 35.5. The zero-order chi connectivity index (χ0) is 14.6. The number of aryl methyl sites for hydroxylation is 1. The van der Waals surface area contributed by atoms with Crippen LogP contribution < -0.4 is 10.0 Å². The van der Waals surface area contributed by atoms with Gasteiger partial charge in [-0.1, -0.05) is 23.7 Å². The summed E-state index contributed by atoms with van der Waals surface area (Å²) < 4.78 is 27.1. The molecule has 1 saturated heterocycles. The van der Waals surface area contributed by atoms with E-state index in [1.54, 1.807) is 25.1 Å². The highest BCUT2D eigenvalue weighted by Gasteiger charge is 2.19. The maximum atomic E-state index is 12.2. The van der Waals surface area contributed by atoms with Crippen molar-refractivity contribution in [1.29, 1.82) is 0 Å². The molecule has 1 heterocycles. The molecule has 1 aromatic rings. The Morgan fingerprint density at radius 3 is 2.86 bits per heavy atom. The van der Waals surface area contributed by atoms with Crippen LogP contribution in [-0.2, 0) is 10.0 Å². The predicted octanol–water partition coefficient (Wildman–Crippen LogP) is 2.74. The van der Waals surface area contributed by atoms with Gasteiger partial charge in [0.25, 0.3) is 0 Å². The molecule has 1 aliphatic rings.